The third-order valence-corrected chi connectivity index (χ3v) is 0.872. The van der Waals surface area contributed by atoms with Gasteiger partial charge in [-0.25, -0.2) is 0 Å². The minimum atomic E-state index is 0.590. The average molecular weight is 133 g/mol. The van der Waals surface area contributed by atoms with Gasteiger partial charge in [-0.2, -0.15) is 0 Å². The molecule has 48 valence electrons. The SMILES string of the molecule is N#N.N#[N+]c1ccccc1. The first-order valence-electron chi connectivity index (χ1n) is 2.53. The van der Waals surface area contributed by atoms with Crippen LogP contribution >= 0.6 is 0 Å². The summed E-state index contributed by atoms with van der Waals surface area (Å²) in [6.07, 6.45) is 0. The first-order chi connectivity index (χ1) is 4.93. The van der Waals surface area contributed by atoms with E-state index in [0.29, 0.717) is 5.69 Å². The second-order valence-electron chi connectivity index (χ2n) is 1.44. The smallest absolute Gasteiger partial charge is 0.0617 e. The lowest BCUT2D eigenvalue weighted by molar-refractivity contribution is 1.15. The zero-order valence-electron chi connectivity index (χ0n) is 5.18. The normalized spacial score (nSPS) is 6.50. The van der Waals surface area contributed by atoms with Gasteiger partial charge in [0, 0.05) is 22.9 Å². The van der Waals surface area contributed by atoms with E-state index >= 15 is 0 Å². The Kier molecular flexibility index (Phi) is 4.19. The Labute approximate surface area is 58.1 Å². The summed E-state index contributed by atoms with van der Waals surface area (Å²) in [4.78, 5) is 2.97. The molecule has 0 atom stereocenters. The van der Waals surface area contributed by atoms with Crippen LogP contribution in [0.4, 0.5) is 5.69 Å². The van der Waals surface area contributed by atoms with Gasteiger partial charge in [-0.05, 0) is 0 Å². The van der Waals surface area contributed by atoms with Gasteiger partial charge in [0.05, 0.1) is 0 Å². The Balaban J connectivity index is 0.000000371. The van der Waals surface area contributed by atoms with E-state index in [2.05, 4.69) is 4.98 Å². The van der Waals surface area contributed by atoms with E-state index < -0.39 is 0 Å². The van der Waals surface area contributed by atoms with Crippen LogP contribution in [0.3, 0.4) is 0 Å². The first kappa shape index (κ1) is 8.06. The van der Waals surface area contributed by atoms with Crippen molar-refractivity contribution >= 4 is 5.69 Å². The first-order valence-corrected chi connectivity index (χ1v) is 2.53. The molecule has 0 aliphatic carbocycles. The minimum Gasteiger partial charge on any atom is -0.0617 e. The van der Waals surface area contributed by atoms with Gasteiger partial charge in [-0.15, -0.1) is 0 Å². The van der Waals surface area contributed by atoms with E-state index in [0.717, 1.165) is 0 Å². The summed E-state index contributed by atoms with van der Waals surface area (Å²) in [6, 6.07) is 8.94. The zero-order chi connectivity index (χ0) is 7.82. The molecule has 0 saturated carbocycles. The molecule has 0 fully saturated rings. The predicted octanol–water partition coefficient (Wildman–Crippen LogP) is 2.20. The van der Waals surface area contributed by atoms with E-state index in [9.17, 15) is 0 Å². The Morgan fingerprint density at radius 2 is 1.50 bits per heavy atom. The van der Waals surface area contributed by atoms with Crippen molar-refractivity contribution in [3.05, 3.63) is 35.3 Å². The Morgan fingerprint density at radius 1 is 1.00 bits per heavy atom. The van der Waals surface area contributed by atoms with Crippen LogP contribution in [0.5, 0.6) is 0 Å². The topological polar surface area (TPSA) is 75.7 Å². The molecular formula is C6H5N4+. The molecule has 1 aromatic rings. The van der Waals surface area contributed by atoms with Crippen LogP contribution in [-0.2, 0) is 0 Å². The van der Waals surface area contributed by atoms with Gasteiger partial charge in [0.1, 0.15) is 0 Å². The van der Waals surface area contributed by atoms with Crippen LogP contribution in [0.25, 0.3) is 4.98 Å². The van der Waals surface area contributed by atoms with Gasteiger partial charge in [0.15, 0.2) is 4.98 Å². The molecule has 0 aromatic heterocycles. The van der Waals surface area contributed by atoms with Gasteiger partial charge >= 0.3 is 5.69 Å². The lowest BCUT2D eigenvalue weighted by Gasteiger charge is -1.69. The molecule has 4 heteroatoms. The summed E-state index contributed by atoms with van der Waals surface area (Å²) in [5.74, 6) is 0. The lowest BCUT2D eigenvalue weighted by Crippen LogP contribution is -1.54. The van der Waals surface area contributed by atoms with Crippen LogP contribution in [0.15, 0.2) is 30.3 Å². The quantitative estimate of drug-likeness (QED) is 0.509. The van der Waals surface area contributed by atoms with Crippen LogP contribution in [0.2, 0.25) is 0 Å². The lowest BCUT2D eigenvalue weighted by atomic mass is 10.3. The Hall–Kier alpha value is -1.94. The fourth-order valence-electron chi connectivity index (χ4n) is 0.495. The van der Waals surface area contributed by atoms with Gasteiger partial charge in [-0.3, -0.25) is 0 Å². The largest absolute Gasteiger partial charge is 0.385 e. The molecule has 0 N–H and O–H groups in total. The highest BCUT2D eigenvalue weighted by atomic mass is 14.8. The second-order valence-corrected chi connectivity index (χ2v) is 1.44. The van der Waals surface area contributed by atoms with E-state index in [4.69, 9.17) is 16.2 Å². The van der Waals surface area contributed by atoms with Crippen LogP contribution in [-0.4, -0.2) is 0 Å². The van der Waals surface area contributed by atoms with Crippen LogP contribution in [0, 0.1) is 16.2 Å². The van der Waals surface area contributed by atoms with Gasteiger partial charge in [0.25, 0.3) is 0 Å². The third-order valence-electron chi connectivity index (χ3n) is 0.872. The number of hydrogen-bond acceptors (Lipinski definition) is 3. The molecule has 0 spiro atoms. The van der Waals surface area contributed by atoms with Crippen LogP contribution < -0.4 is 0 Å². The summed E-state index contributed by atoms with van der Waals surface area (Å²) in [6.45, 7) is 0. The monoisotopic (exact) mass is 133 g/mol. The summed E-state index contributed by atoms with van der Waals surface area (Å²) in [5.41, 5.74) is 0.590. The van der Waals surface area contributed by atoms with Gasteiger partial charge in [-0.1, -0.05) is 18.2 Å². The molecule has 0 saturated heterocycles. The fourth-order valence-corrected chi connectivity index (χ4v) is 0.495. The maximum atomic E-state index is 8.16. The molecule has 1 aromatic carbocycles. The second kappa shape index (κ2) is 5.20. The molecule has 0 heterocycles. The molecule has 4 nitrogen and oxygen atoms in total. The van der Waals surface area contributed by atoms with Crippen molar-refractivity contribution in [3.63, 3.8) is 0 Å². The Morgan fingerprint density at radius 3 is 1.80 bits per heavy atom. The molecule has 1 rings (SSSR count). The highest BCUT2D eigenvalue weighted by Crippen LogP contribution is 2.07. The molecule has 0 radical (unpaired) electrons. The molecule has 0 bridgehead atoms. The van der Waals surface area contributed by atoms with E-state index in [1.165, 1.54) is 0 Å². The zero-order valence-corrected chi connectivity index (χ0v) is 5.18. The number of rotatable bonds is 0. The van der Waals surface area contributed by atoms with Crippen molar-refractivity contribution in [1.82, 2.24) is 0 Å². The van der Waals surface area contributed by atoms with Crippen LogP contribution in [0.1, 0.15) is 0 Å². The number of hydrogen-bond donors (Lipinski definition) is 0. The maximum absolute atomic E-state index is 8.16. The van der Waals surface area contributed by atoms with Crippen molar-refractivity contribution in [3.8, 4) is 0 Å². The highest BCUT2D eigenvalue weighted by molar-refractivity contribution is 5.42. The molecule has 0 amide bonds. The van der Waals surface area contributed by atoms with Gasteiger partial charge in [0.2, 0.25) is 5.39 Å². The van der Waals surface area contributed by atoms with Crippen molar-refractivity contribution in [2.75, 3.05) is 0 Å². The standard InChI is InChI=1S/C6H5N2.N2/c7-8-6-4-2-1-3-5-6;1-2/h1-5H;/q+1;. The summed E-state index contributed by atoms with van der Waals surface area (Å²) in [7, 11) is 0. The van der Waals surface area contributed by atoms with E-state index in [-0.39, 0.29) is 0 Å². The highest BCUT2D eigenvalue weighted by Gasteiger charge is 1.95. The average Bonchev–Trinajstić information content (AvgIpc) is 2.10. The van der Waals surface area contributed by atoms with E-state index in [1.54, 1.807) is 12.1 Å². The number of benzene rings is 1. The summed E-state index contributed by atoms with van der Waals surface area (Å²) < 4.78 is 0. The van der Waals surface area contributed by atoms with Crippen molar-refractivity contribution < 1.29 is 0 Å². The van der Waals surface area contributed by atoms with Gasteiger partial charge < -0.3 is 0 Å². The maximum Gasteiger partial charge on any atom is 0.385 e. The summed E-state index contributed by atoms with van der Waals surface area (Å²) >= 11 is 0. The molecule has 0 unspecified atom stereocenters. The molecular weight excluding hydrogens is 128 g/mol. The fraction of sp³-hybridized carbons (Fsp3) is 0. The predicted molar refractivity (Wildman–Crippen MR) is 34.6 cm³/mol. The third kappa shape index (κ3) is 2.39. The Bertz CT molecular complexity index is 233. The minimum absolute atomic E-state index is 0.590. The number of diazo groups is 1. The molecule has 10 heavy (non-hydrogen) atoms. The molecule has 0 aliphatic heterocycles. The van der Waals surface area contributed by atoms with Crippen molar-refractivity contribution in [1.29, 1.82) is 16.2 Å². The van der Waals surface area contributed by atoms with E-state index in [1.807, 2.05) is 18.2 Å². The van der Waals surface area contributed by atoms with Crippen molar-refractivity contribution in [2.24, 2.45) is 0 Å². The number of nitrogens with zero attached hydrogens (tertiary/aromatic N) is 4. The molecule has 0 aliphatic rings. The van der Waals surface area contributed by atoms with Crippen molar-refractivity contribution in [2.45, 2.75) is 0 Å². The summed E-state index contributed by atoms with van der Waals surface area (Å²) in [5, 5.41) is 20.2.